The minimum Gasteiger partial charge on any atom is -0.480 e. The minimum absolute atomic E-state index is 0. The van der Waals surface area contributed by atoms with Crippen LogP contribution in [0, 0.1) is 0 Å². The zero-order valence-electron chi connectivity index (χ0n) is 12.0. The molecule has 0 aromatic heterocycles. The summed E-state index contributed by atoms with van der Waals surface area (Å²) in [4.78, 5) is 12.7. The van der Waals surface area contributed by atoms with Gasteiger partial charge in [-0.1, -0.05) is 30.0 Å². The van der Waals surface area contributed by atoms with Crippen molar-refractivity contribution < 1.29 is 18.3 Å². The third-order valence-electron chi connectivity index (χ3n) is 2.88. The Morgan fingerprint density at radius 1 is 1.04 bits per heavy atom. The van der Waals surface area contributed by atoms with Gasteiger partial charge in [0.1, 0.15) is 6.04 Å². The molecule has 124 valence electrons. The van der Waals surface area contributed by atoms with Crippen molar-refractivity contribution in [2.45, 2.75) is 20.7 Å². The molecular weight excluding hydrogens is 358 g/mol. The van der Waals surface area contributed by atoms with E-state index in [9.17, 15) is 13.2 Å². The average molecular weight is 374 g/mol. The maximum absolute atomic E-state index is 12.1. The van der Waals surface area contributed by atoms with Gasteiger partial charge in [0.25, 0.3) is 0 Å². The molecule has 8 heteroatoms. The molecule has 0 aliphatic carbocycles. The summed E-state index contributed by atoms with van der Waals surface area (Å²) in [5.74, 6) is -1.95. The number of carboxylic acid groups (broad SMARTS) is 1. The maximum Gasteiger partial charge on any atom is 0.321 e. The van der Waals surface area contributed by atoms with Crippen LogP contribution in [0.1, 0.15) is 0 Å². The normalized spacial score (nSPS) is 12.2. The van der Waals surface area contributed by atoms with Gasteiger partial charge in [-0.3, -0.25) is 4.79 Å². The third-order valence-corrected chi connectivity index (χ3v) is 5.68. The molecule has 3 N–H and O–H groups in total. The SMILES string of the molecule is Cl.N[C@@H](CS(=O)(=O)c1ccc(Sc2ccccc2)cc1)C(=O)O. The van der Waals surface area contributed by atoms with Gasteiger partial charge < -0.3 is 10.8 Å². The van der Waals surface area contributed by atoms with Crippen molar-refractivity contribution in [2.24, 2.45) is 5.73 Å². The summed E-state index contributed by atoms with van der Waals surface area (Å²) in [6.07, 6.45) is 0. The Hall–Kier alpha value is -1.54. The molecule has 0 aliphatic heterocycles. The molecule has 2 rings (SSSR count). The first kappa shape index (κ1) is 19.5. The molecule has 0 amide bonds. The van der Waals surface area contributed by atoms with Gasteiger partial charge in [0, 0.05) is 9.79 Å². The lowest BCUT2D eigenvalue weighted by molar-refractivity contribution is -0.137. The predicted molar refractivity (Wildman–Crippen MR) is 91.9 cm³/mol. The lowest BCUT2D eigenvalue weighted by Gasteiger charge is -2.08. The van der Waals surface area contributed by atoms with Gasteiger partial charge >= 0.3 is 5.97 Å². The number of carboxylic acids is 1. The third kappa shape index (κ3) is 5.54. The number of aliphatic carboxylic acids is 1. The lowest BCUT2D eigenvalue weighted by atomic mass is 10.4. The van der Waals surface area contributed by atoms with Crippen molar-refractivity contribution >= 4 is 40.0 Å². The molecule has 0 heterocycles. The number of halogens is 1. The van der Waals surface area contributed by atoms with E-state index in [1.165, 1.54) is 23.9 Å². The molecule has 0 saturated heterocycles. The fraction of sp³-hybridized carbons (Fsp3) is 0.133. The second-order valence-electron chi connectivity index (χ2n) is 4.61. The molecule has 2 aromatic carbocycles. The molecule has 0 aliphatic rings. The van der Waals surface area contributed by atoms with Crippen molar-refractivity contribution in [1.82, 2.24) is 0 Å². The van der Waals surface area contributed by atoms with E-state index in [0.29, 0.717) is 0 Å². The zero-order valence-corrected chi connectivity index (χ0v) is 14.4. The molecule has 1 atom stereocenters. The standard InChI is InChI=1S/C15H15NO4S2.ClH/c16-14(15(17)18)10-22(19,20)13-8-6-12(7-9-13)21-11-4-2-1-3-5-11;/h1-9,14H,10,16H2,(H,17,18);1H/t14-;/m0./s1. The van der Waals surface area contributed by atoms with Crippen molar-refractivity contribution in [2.75, 3.05) is 5.75 Å². The van der Waals surface area contributed by atoms with Crippen LogP contribution in [0.5, 0.6) is 0 Å². The Balaban J connectivity index is 0.00000264. The number of hydrogen-bond donors (Lipinski definition) is 2. The highest BCUT2D eigenvalue weighted by Crippen LogP contribution is 2.28. The Morgan fingerprint density at radius 2 is 1.57 bits per heavy atom. The molecule has 5 nitrogen and oxygen atoms in total. The van der Waals surface area contributed by atoms with E-state index in [-0.39, 0.29) is 17.3 Å². The van der Waals surface area contributed by atoms with E-state index in [1.807, 2.05) is 30.3 Å². The van der Waals surface area contributed by atoms with Crippen molar-refractivity contribution in [3.8, 4) is 0 Å². The smallest absolute Gasteiger partial charge is 0.321 e. The topological polar surface area (TPSA) is 97.5 Å². The van der Waals surface area contributed by atoms with Crippen LogP contribution in [0.3, 0.4) is 0 Å². The second-order valence-corrected chi connectivity index (χ2v) is 7.79. The van der Waals surface area contributed by atoms with Gasteiger partial charge in [0.15, 0.2) is 9.84 Å². The highest BCUT2D eigenvalue weighted by molar-refractivity contribution is 7.99. The van der Waals surface area contributed by atoms with Gasteiger partial charge in [-0.15, -0.1) is 12.4 Å². The van der Waals surface area contributed by atoms with Gasteiger partial charge in [0.05, 0.1) is 10.6 Å². The van der Waals surface area contributed by atoms with Crippen LogP contribution in [0.25, 0.3) is 0 Å². The molecule has 0 unspecified atom stereocenters. The summed E-state index contributed by atoms with van der Waals surface area (Å²) in [5.41, 5.74) is 5.29. The number of benzene rings is 2. The maximum atomic E-state index is 12.1. The largest absolute Gasteiger partial charge is 0.480 e. The molecule has 23 heavy (non-hydrogen) atoms. The van der Waals surface area contributed by atoms with E-state index in [4.69, 9.17) is 10.8 Å². The molecule has 0 radical (unpaired) electrons. The fourth-order valence-electron chi connectivity index (χ4n) is 1.74. The van der Waals surface area contributed by atoms with Crippen LogP contribution in [0.2, 0.25) is 0 Å². The van der Waals surface area contributed by atoms with Gasteiger partial charge in [-0.2, -0.15) is 0 Å². The summed E-state index contributed by atoms with van der Waals surface area (Å²) in [6, 6.07) is 14.6. The molecule has 0 fully saturated rings. The molecule has 0 bridgehead atoms. The first-order valence-corrected chi connectivity index (χ1v) is 8.89. The minimum atomic E-state index is -3.71. The predicted octanol–water partition coefficient (Wildman–Crippen LogP) is 2.45. The Kier molecular flexibility index (Phi) is 7.08. The van der Waals surface area contributed by atoms with Crippen molar-refractivity contribution in [1.29, 1.82) is 0 Å². The first-order chi connectivity index (χ1) is 10.4. The number of hydrogen-bond acceptors (Lipinski definition) is 5. The Labute approximate surface area is 145 Å². The van der Waals surface area contributed by atoms with Crippen LogP contribution in [0.4, 0.5) is 0 Å². The number of nitrogens with two attached hydrogens (primary N) is 1. The summed E-state index contributed by atoms with van der Waals surface area (Å²) in [6.45, 7) is 0. The first-order valence-electron chi connectivity index (χ1n) is 6.42. The van der Waals surface area contributed by atoms with Gasteiger partial charge in [0.2, 0.25) is 0 Å². The summed E-state index contributed by atoms with van der Waals surface area (Å²) >= 11 is 1.51. The van der Waals surface area contributed by atoms with E-state index in [2.05, 4.69) is 0 Å². The van der Waals surface area contributed by atoms with E-state index in [0.717, 1.165) is 9.79 Å². The highest BCUT2D eigenvalue weighted by Gasteiger charge is 2.23. The van der Waals surface area contributed by atoms with Crippen LogP contribution >= 0.6 is 24.2 Å². The van der Waals surface area contributed by atoms with Crippen LogP contribution in [-0.2, 0) is 14.6 Å². The second kappa shape index (κ2) is 8.35. The summed E-state index contributed by atoms with van der Waals surface area (Å²) in [5, 5.41) is 8.71. The van der Waals surface area contributed by atoms with Crippen LogP contribution in [-0.4, -0.2) is 31.3 Å². The van der Waals surface area contributed by atoms with E-state index in [1.54, 1.807) is 12.1 Å². The van der Waals surface area contributed by atoms with E-state index >= 15 is 0 Å². The molecular formula is C15H16ClNO4S2. The molecule has 2 aromatic rings. The van der Waals surface area contributed by atoms with E-state index < -0.39 is 27.6 Å². The van der Waals surface area contributed by atoms with Crippen LogP contribution < -0.4 is 5.73 Å². The summed E-state index contributed by atoms with van der Waals surface area (Å²) < 4.78 is 24.1. The summed E-state index contributed by atoms with van der Waals surface area (Å²) in [7, 11) is -3.71. The van der Waals surface area contributed by atoms with Gasteiger partial charge in [-0.05, 0) is 36.4 Å². The number of sulfone groups is 1. The van der Waals surface area contributed by atoms with Gasteiger partial charge in [-0.25, -0.2) is 8.42 Å². The highest BCUT2D eigenvalue weighted by atomic mass is 35.5. The Morgan fingerprint density at radius 3 is 2.09 bits per heavy atom. The number of carbonyl (C=O) groups is 1. The zero-order chi connectivity index (χ0) is 16.2. The fourth-order valence-corrected chi connectivity index (χ4v) is 3.94. The molecule has 0 spiro atoms. The van der Waals surface area contributed by atoms with Crippen molar-refractivity contribution in [3.05, 3.63) is 54.6 Å². The Bertz CT molecular complexity index is 749. The average Bonchev–Trinajstić information content (AvgIpc) is 2.48. The lowest BCUT2D eigenvalue weighted by Crippen LogP contribution is -2.37. The van der Waals surface area contributed by atoms with Crippen LogP contribution in [0.15, 0.2) is 69.3 Å². The monoisotopic (exact) mass is 373 g/mol. The molecule has 0 saturated carbocycles. The van der Waals surface area contributed by atoms with Crippen molar-refractivity contribution in [3.63, 3.8) is 0 Å². The quantitative estimate of drug-likeness (QED) is 0.807. The number of rotatable bonds is 6.